The lowest BCUT2D eigenvalue weighted by Gasteiger charge is -2.18. The second-order valence-electron chi connectivity index (χ2n) is 4.72. The van der Waals surface area contributed by atoms with E-state index in [1.54, 1.807) is 19.1 Å². The van der Waals surface area contributed by atoms with E-state index < -0.39 is 0 Å². The first kappa shape index (κ1) is 15.5. The van der Waals surface area contributed by atoms with Gasteiger partial charge in [-0.1, -0.05) is 6.07 Å². The molecule has 0 spiro atoms. The first-order valence-electron chi connectivity index (χ1n) is 6.49. The molecule has 0 fully saturated rings. The summed E-state index contributed by atoms with van der Waals surface area (Å²) in [6.45, 7) is 4.68. The summed E-state index contributed by atoms with van der Waals surface area (Å²) in [6.07, 6.45) is 1.00. The summed E-state index contributed by atoms with van der Waals surface area (Å²) >= 11 is 0. The Morgan fingerprint density at radius 3 is 2.58 bits per heavy atom. The van der Waals surface area contributed by atoms with E-state index in [9.17, 15) is 4.79 Å². The summed E-state index contributed by atoms with van der Waals surface area (Å²) in [6, 6.07) is 4.01. The lowest BCUT2D eigenvalue weighted by molar-refractivity contribution is -0.130. The number of aliphatic hydroxyl groups is 1. The van der Waals surface area contributed by atoms with Gasteiger partial charge in [-0.05, 0) is 43.0 Å². The van der Waals surface area contributed by atoms with Crippen LogP contribution in [-0.2, 0) is 11.2 Å². The normalized spacial score (nSPS) is 10.4. The van der Waals surface area contributed by atoms with Crippen LogP contribution in [0.2, 0.25) is 0 Å². The Bertz CT molecular complexity index is 443. The van der Waals surface area contributed by atoms with Crippen molar-refractivity contribution in [1.82, 2.24) is 4.90 Å². The van der Waals surface area contributed by atoms with Crippen LogP contribution in [0.3, 0.4) is 0 Å². The lowest BCUT2D eigenvalue weighted by Crippen LogP contribution is -2.29. The van der Waals surface area contributed by atoms with Crippen molar-refractivity contribution in [2.75, 3.05) is 27.3 Å². The van der Waals surface area contributed by atoms with Crippen molar-refractivity contribution >= 4 is 5.91 Å². The van der Waals surface area contributed by atoms with E-state index in [-0.39, 0.29) is 18.9 Å². The van der Waals surface area contributed by atoms with Crippen LogP contribution in [0.5, 0.6) is 5.75 Å². The fraction of sp³-hybridized carbons (Fsp3) is 0.533. The van der Waals surface area contributed by atoms with Gasteiger partial charge in [0.05, 0.1) is 13.7 Å². The van der Waals surface area contributed by atoms with E-state index in [0.717, 1.165) is 17.7 Å². The van der Waals surface area contributed by atoms with Crippen LogP contribution >= 0.6 is 0 Å². The zero-order chi connectivity index (χ0) is 14.4. The number of benzene rings is 1. The second kappa shape index (κ2) is 7.14. The predicted octanol–water partition coefficient (Wildman–Crippen LogP) is 1.70. The summed E-state index contributed by atoms with van der Waals surface area (Å²) in [4.78, 5) is 13.2. The molecule has 0 aliphatic carbocycles. The van der Waals surface area contributed by atoms with Crippen LogP contribution in [0.4, 0.5) is 0 Å². The van der Waals surface area contributed by atoms with Crippen molar-refractivity contribution in [1.29, 1.82) is 0 Å². The Hall–Kier alpha value is -1.55. The maximum atomic E-state index is 11.6. The molecule has 1 rings (SSSR count). The molecule has 1 aromatic carbocycles. The number of carbonyl (C=O) groups excluding carboxylic acids is 1. The molecular weight excluding hydrogens is 242 g/mol. The number of ether oxygens (including phenoxy) is 1. The second-order valence-corrected chi connectivity index (χ2v) is 4.72. The summed E-state index contributed by atoms with van der Waals surface area (Å²) in [7, 11) is 3.44. The molecule has 0 atom stereocenters. The Balaban J connectivity index is 2.68. The van der Waals surface area contributed by atoms with Crippen molar-refractivity contribution in [3.63, 3.8) is 0 Å². The number of nitrogens with zero attached hydrogens (tertiary/aromatic N) is 1. The minimum atomic E-state index is -0.0934. The van der Waals surface area contributed by atoms with Crippen molar-refractivity contribution in [2.24, 2.45) is 0 Å². The highest BCUT2D eigenvalue weighted by molar-refractivity contribution is 5.75. The Labute approximate surface area is 115 Å². The average molecular weight is 265 g/mol. The fourth-order valence-electron chi connectivity index (χ4n) is 2.04. The van der Waals surface area contributed by atoms with Gasteiger partial charge in [0.15, 0.2) is 0 Å². The van der Waals surface area contributed by atoms with Gasteiger partial charge in [0.25, 0.3) is 0 Å². The van der Waals surface area contributed by atoms with E-state index in [2.05, 4.69) is 6.92 Å². The smallest absolute Gasteiger partial charge is 0.224 e. The first-order valence-corrected chi connectivity index (χ1v) is 6.49. The Kier molecular flexibility index (Phi) is 5.83. The van der Waals surface area contributed by atoms with E-state index in [1.807, 2.05) is 19.1 Å². The third-order valence-corrected chi connectivity index (χ3v) is 3.54. The molecule has 0 aromatic heterocycles. The van der Waals surface area contributed by atoms with E-state index in [1.165, 1.54) is 11.1 Å². The van der Waals surface area contributed by atoms with Gasteiger partial charge in [-0.2, -0.15) is 0 Å². The van der Waals surface area contributed by atoms with E-state index in [4.69, 9.17) is 9.84 Å². The monoisotopic (exact) mass is 265 g/mol. The Morgan fingerprint density at radius 2 is 2.00 bits per heavy atom. The van der Waals surface area contributed by atoms with Crippen LogP contribution in [0.1, 0.15) is 23.1 Å². The summed E-state index contributed by atoms with van der Waals surface area (Å²) < 4.78 is 5.28. The minimum Gasteiger partial charge on any atom is -0.496 e. The van der Waals surface area contributed by atoms with Crippen molar-refractivity contribution in [2.45, 2.75) is 26.7 Å². The van der Waals surface area contributed by atoms with Gasteiger partial charge < -0.3 is 14.7 Å². The lowest BCUT2D eigenvalue weighted by atomic mass is 10.00. The molecule has 19 heavy (non-hydrogen) atoms. The molecule has 0 bridgehead atoms. The van der Waals surface area contributed by atoms with E-state index in [0.29, 0.717) is 6.54 Å². The molecule has 106 valence electrons. The molecule has 0 unspecified atom stereocenters. The summed E-state index contributed by atoms with van der Waals surface area (Å²) in [5.74, 6) is 0.872. The highest BCUT2D eigenvalue weighted by Crippen LogP contribution is 2.24. The third kappa shape index (κ3) is 3.96. The third-order valence-electron chi connectivity index (χ3n) is 3.54. The van der Waals surface area contributed by atoms with Gasteiger partial charge >= 0.3 is 0 Å². The molecule has 0 aliphatic heterocycles. The number of methoxy groups -OCH3 is 1. The summed E-state index contributed by atoms with van der Waals surface area (Å²) in [5.41, 5.74) is 3.58. The number of carbonyl (C=O) groups is 1. The molecule has 1 N–H and O–H groups in total. The van der Waals surface area contributed by atoms with Gasteiger partial charge in [-0.15, -0.1) is 0 Å². The molecule has 1 amide bonds. The topological polar surface area (TPSA) is 49.8 Å². The molecule has 0 saturated heterocycles. The molecule has 0 saturated carbocycles. The SMILES string of the molecule is COc1ccc(CCN(C)C(=O)CCO)c(C)c1C. The zero-order valence-electron chi connectivity index (χ0n) is 12.2. The van der Waals surface area contributed by atoms with Crippen LogP contribution < -0.4 is 4.74 Å². The number of hydrogen-bond donors (Lipinski definition) is 1. The highest BCUT2D eigenvalue weighted by atomic mass is 16.5. The molecule has 0 heterocycles. The van der Waals surface area contributed by atoms with Crippen molar-refractivity contribution in [3.8, 4) is 5.75 Å². The average Bonchev–Trinajstić information content (AvgIpc) is 2.40. The van der Waals surface area contributed by atoms with Gasteiger partial charge in [-0.3, -0.25) is 4.79 Å². The largest absolute Gasteiger partial charge is 0.496 e. The molecule has 4 heteroatoms. The van der Waals surface area contributed by atoms with Crippen molar-refractivity contribution < 1.29 is 14.6 Å². The molecule has 0 aliphatic rings. The highest BCUT2D eigenvalue weighted by Gasteiger charge is 2.10. The standard InChI is InChI=1S/C15H23NO3/c1-11-12(2)14(19-4)6-5-13(11)7-9-16(3)15(18)8-10-17/h5-6,17H,7-10H2,1-4H3. The van der Waals surface area contributed by atoms with Gasteiger partial charge in [0.2, 0.25) is 5.91 Å². The van der Waals surface area contributed by atoms with Crippen LogP contribution in [0, 0.1) is 13.8 Å². The van der Waals surface area contributed by atoms with Gasteiger partial charge in [0, 0.05) is 20.0 Å². The molecule has 0 radical (unpaired) electrons. The number of hydrogen-bond acceptors (Lipinski definition) is 3. The fourth-order valence-corrected chi connectivity index (χ4v) is 2.04. The van der Waals surface area contributed by atoms with Gasteiger partial charge in [0.1, 0.15) is 5.75 Å². The van der Waals surface area contributed by atoms with Crippen molar-refractivity contribution in [3.05, 3.63) is 28.8 Å². The summed E-state index contributed by atoms with van der Waals surface area (Å²) in [5, 5.41) is 8.75. The maximum absolute atomic E-state index is 11.6. The van der Waals surface area contributed by atoms with Gasteiger partial charge in [-0.25, -0.2) is 0 Å². The molecule has 4 nitrogen and oxygen atoms in total. The number of aliphatic hydroxyl groups excluding tert-OH is 1. The van der Waals surface area contributed by atoms with Crippen LogP contribution in [-0.4, -0.2) is 43.2 Å². The van der Waals surface area contributed by atoms with Crippen LogP contribution in [0.15, 0.2) is 12.1 Å². The molecular formula is C15H23NO3. The number of rotatable bonds is 6. The van der Waals surface area contributed by atoms with Crippen LogP contribution in [0.25, 0.3) is 0 Å². The predicted molar refractivity (Wildman–Crippen MR) is 75.5 cm³/mol. The molecule has 1 aromatic rings. The van der Waals surface area contributed by atoms with E-state index >= 15 is 0 Å². The Morgan fingerprint density at radius 1 is 1.32 bits per heavy atom. The first-order chi connectivity index (χ1) is 9.01. The number of amides is 1. The minimum absolute atomic E-state index is 0.0228. The quantitative estimate of drug-likeness (QED) is 0.851. The maximum Gasteiger partial charge on any atom is 0.224 e. The number of likely N-dealkylation sites (N-methyl/N-ethyl adjacent to an activating group) is 1. The zero-order valence-corrected chi connectivity index (χ0v) is 12.2.